The fraction of sp³-hybridized carbons (Fsp3) is 0.333. The molecule has 1 unspecified atom stereocenters. The number of allylic oxidation sites excluding steroid dienone is 4. The molecule has 0 radical (unpaired) electrons. The molecule has 3 rings (SSSR count). The summed E-state index contributed by atoms with van der Waals surface area (Å²) in [5.74, 6) is 1.20. The van der Waals surface area contributed by atoms with Crippen molar-refractivity contribution in [2.24, 2.45) is 5.92 Å². The third-order valence-corrected chi connectivity index (χ3v) is 4.45. The maximum absolute atomic E-state index is 12.0. The minimum atomic E-state index is 0.0467. The zero-order chi connectivity index (χ0) is 16.2. The lowest BCUT2D eigenvalue weighted by molar-refractivity contribution is -0.121. The molecule has 1 aliphatic rings. The minimum Gasteiger partial charge on any atom is -0.494 e. The first-order valence-corrected chi connectivity index (χ1v) is 7.78. The number of aromatic amines is 1. The minimum absolute atomic E-state index is 0.0467. The smallest absolute Gasteiger partial charge is 0.220 e. The first kappa shape index (κ1) is 15.3. The summed E-state index contributed by atoms with van der Waals surface area (Å²) in [7, 11) is 3.32. The van der Waals surface area contributed by atoms with Crippen molar-refractivity contribution < 1.29 is 9.53 Å². The number of rotatable bonds is 5. The van der Waals surface area contributed by atoms with Crippen molar-refractivity contribution in [3.63, 3.8) is 0 Å². The highest BCUT2D eigenvalue weighted by molar-refractivity contribution is 5.88. The molecule has 2 aromatic rings. The van der Waals surface area contributed by atoms with E-state index in [2.05, 4.69) is 45.9 Å². The molecule has 5 heteroatoms. The van der Waals surface area contributed by atoms with E-state index in [0.717, 1.165) is 28.6 Å². The summed E-state index contributed by atoms with van der Waals surface area (Å²) in [5, 5.41) is 10.9. The Balaban J connectivity index is 2.05. The number of ether oxygens (including phenoxy) is 1. The Morgan fingerprint density at radius 1 is 1.48 bits per heavy atom. The monoisotopic (exact) mass is 311 g/mol. The molecule has 2 atom stereocenters. The SMILES string of the molecule is CNC(=O)C[C@H](c1ccc(OC)c2[nH]ncc12)C1C=CC=CC1. The summed E-state index contributed by atoms with van der Waals surface area (Å²) in [6, 6.07) is 3.99. The van der Waals surface area contributed by atoms with E-state index in [1.165, 1.54) is 0 Å². The molecule has 1 aromatic carbocycles. The predicted molar refractivity (Wildman–Crippen MR) is 90.5 cm³/mol. The van der Waals surface area contributed by atoms with E-state index in [4.69, 9.17) is 4.74 Å². The Morgan fingerprint density at radius 2 is 2.35 bits per heavy atom. The molecule has 0 bridgehead atoms. The molecule has 23 heavy (non-hydrogen) atoms. The number of hydrogen-bond acceptors (Lipinski definition) is 3. The number of H-pyrrole nitrogens is 1. The van der Waals surface area contributed by atoms with Gasteiger partial charge in [0.1, 0.15) is 11.3 Å². The Bertz CT molecular complexity index is 761. The van der Waals surface area contributed by atoms with E-state index in [0.29, 0.717) is 12.3 Å². The molecule has 1 amide bonds. The highest BCUT2D eigenvalue weighted by Gasteiger charge is 2.26. The maximum Gasteiger partial charge on any atom is 0.220 e. The number of carbonyl (C=O) groups excluding carboxylic acids is 1. The molecule has 1 aliphatic carbocycles. The number of nitrogens with one attached hydrogen (secondary N) is 2. The van der Waals surface area contributed by atoms with Crippen molar-refractivity contribution in [2.45, 2.75) is 18.8 Å². The van der Waals surface area contributed by atoms with E-state index in [-0.39, 0.29) is 11.8 Å². The Kier molecular flexibility index (Phi) is 4.46. The second-order valence-electron chi connectivity index (χ2n) is 5.71. The lowest BCUT2D eigenvalue weighted by Gasteiger charge is -2.26. The van der Waals surface area contributed by atoms with Gasteiger partial charge in [0, 0.05) is 18.9 Å². The molecule has 0 spiro atoms. The highest BCUT2D eigenvalue weighted by atomic mass is 16.5. The molecule has 0 fully saturated rings. The van der Waals surface area contributed by atoms with E-state index in [9.17, 15) is 4.79 Å². The Labute approximate surface area is 135 Å². The average molecular weight is 311 g/mol. The summed E-state index contributed by atoms with van der Waals surface area (Å²) in [4.78, 5) is 12.0. The van der Waals surface area contributed by atoms with Gasteiger partial charge in [0.15, 0.2) is 0 Å². The van der Waals surface area contributed by atoms with Crippen LogP contribution >= 0.6 is 0 Å². The van der Waals surface area contributed by atoms with E-state index < -0.39 is 0 Å². The molecule has 5 nitrogen and oxygen atoms in total. The summed E-state index contributed by atoms with van der Waals surface area (Å²) in [5.41, 5.74) is 2.00. The van der Waals surface area contributed by atoms with Crippen LogP contribution in [0.3, 0.4) is 0 Å². The summed E-state index contributed by atoms with van der Waals surface area (Å²) >= 11 is 0. The molecule has 0 saturated carbocycles. The normalized spacial score (nSPS) is 18.1. The van der Waals surface area contributed by atoms with Gasteiger partial charge in [0.2, 0.25) is 5.91 Å². The van der Waals surface area contributed by atoms with Crippen LogP contribution < -0.4 is 10.1 Å². The van der Waals surface area contributed by atoms with Crippen molar-refractivity contribution in [3.05, 3.63) is 48.2 Å². The van der Waals surface area contributed by atoms with Gasteiger partial charge in [0.05, 0.1) is 13.3 Å². The van der Waals surface area contributed by atoms with Crippen molar-refractivity contribution in [1.29, 1.82) is 0 Å². The topological polar surface area (TPSA) is 67.0 Å². The van der Waals surface area contributed by atoms with Crippen LogP contribution in [0.2, 0.25) is 0 Å². The summed E-state index contributed by atoms with van der Waals surface area (Å²) < 4.78 is 5.39. The standard InChI is InChI=1S/C18H21N3O2/c1-19-17(22)10-14(12-6-4-3-5-7-12)13-8-9-16(23-2)18-15(13)11-20-21-18/h3-6,8-9,11-12,14H,7,10H2,1-2H3,(H,19,22)(H,20,21)/t12?,14-/m0/s1. The average Bonchev–Trinajstić information content (AvgIpc) is 3.09. The van der Waals surface area contributed by atoms with Crippen molar-refractivity contribution in [1.82, 2.24) is 15.5 Å². The zero-order valence-electron chi connectivity index (χ0n) is 13.4. The van der Waals surface area contributed by atoms with Gasteiger partial charge in [-0.05, 0) is 29.9 Å². The van der Waals surface area contributed by atoms with Crippen LogP contribution in [0.4, 0.5) is 0 Å². The van der Waals surface area contributed by atoms with E-state index in [1.807, 2.05) is 12.3 Å². The van der Waals surface area contributed by atoms with Crippen LogP contribution in [0.15, 0.2) is 42.6 Å². The third-order valence-electron chi connectivity index (χ3n) is 4.45. The lowest BCUT2D eigenvalue weighted by atomic mass is 9.79. The quantitative estimate of drug-likeness (QED) is 0.892. The number of methoxy groups -OCH3 is 1. The molecular weight excluding hydrogens is 290 g/mol. The zero-order valence-corrected chi connectivity index (χ0v) is 13.4. The second kappa shape index (κ2) is 6.69. The molecule has 0 aliphatic heterocycles. The van der Waals surface area contributed by atoms with E-state index in [1.54, 1.807) is 14.2 Å². The van der Waals surface area contributed by atoms with Gasteiger partial charge < -0.3 is 10.1 Å². The number of carbonyl (C=O) groups is 1. The number of fused-ring (bicyclic) bond motifs is 1. The van der Waals surface area contributed by atoms with Gasteiger partial charge in [-0.3, -0.25) is 9.89 Å². The van der Waals surface area contributed by atoms with Gasteiger partial charge in [0.25, 0.3) is 0 Å². The Hall–Kier alpha value is -2.56. The Morgan fingerprint density at radius 3 is 3.04 bits per heavy atom. The summed E-state index contributed by atoms with van der Waals surface area (Å²) in [6.07, 6.45) is 11.6. The molecule has 2 N–H and O–H groups in total. The van der Waals surface area contributed by atoms with Gasteiger partial charge in [-0.25, -0.2) is 0 Å². The van der Waals surface area contributed by atoms with Crippen molar-refractivity contribution in [2.75, 3.05) is 14.2 Å². The number of benzene rings is 1. The fourth-order valence-corrected chi connectivity index (χ4v) is 3.22. The molecule has 1 heterocycles. The van der Waals surface area contributed by atoms with Crippen LogP contribution in [0.25, 0.3) is 10.9 Å². The number of hydrogen-bond donors (Lipinski definition) is 2. The highest BCUT2D eigenvalue weighted by Crippen LogP contribution is 2.38. The van der Waals surface area contributed by atoms with Crippen LogP contribution in [-0.2, 0) is 4.79 Å². The predicted octanol–water partition coefficient (Wildman–Crippen LogP) is 2.92. The maximum atomic E-state index is 12.0. The second-order valence-corrected chi connectivity index (χ2v) is 5.71. The van der Waals surface area contributed by atoms with Gasteiger partial charge >= 0.3 is 0 Å². The van der Waals surface area contributed by atoms with Gasteiger partial charge in [-0.1, -0.05) is 30.4 Å². The van der Waals surface area contributed by atoms with Crippen LogP contribution in [0, 0.1) is 5.92 Å². The number of amides is 1. The first-order valence-electron chi connectivity index (χ1n) is 7.78. The van der Waals surface area contributed by atoms with Crippen molar-refractivity contribution in [3.8, 4) is 5.75 Å². The first-order chi connectivity index (χ1) is 11.2. The summed E-state index contributed by atoms with van der Waals surface area (Å²) in [6.45, 7) is 0. The van der Waals surface area contributed by atoms with Crippen LogP contribution in [0.1, 0.15) is 24.3 Å². The largest absolute Gasteiger partial charge is 0.494 e. The van der Waals surface area contributed by atoms with Gasteiger partial charge in [-0.15, -0.1) is 0 Å². The number of nitrogens with zero attached hydrogens (tertiary/aromatic N) is 1. The van der Waals surface area contributed by atoms with E-state index >= 15 is 0 Å². The molecule has 120 valence electrons. The van der Waals surface area contributed by atoms with Gasteiger partial charge in [-0.2, -0.15) is 5.10 Å². The van der Waals surface area contributed by atoms with Crippen molar-refractivity contribution >= 4 is 16.8 Å². The molecular formula is C18H21N3O2. The third kappa shape index (κ3) is 2.99. The molecule has 1 aromatic heterocycles. The fourth-order valence-electron chi connectivity index (χ4n) is 3.22. The van der Waals surface area contributed by atoms with Crippen LogP contribution in [-0.4, -0.2) is 30.3 Å². The number of aromatic nitrogens is 2. The lowest BCUT2D eigenvalue weighted by Crippen LogP contribution is -2.24. The van der Waals surface area contributed by atoms with Crippen LogP contribution in [0.5, 0.6) is 5.75 Å². The molecule has 0 saturated heterocycles.